The van der Waals surface area contributed by atoms with Gasteiger partial charge in [0.25, 0.3) is 0 Å². The minimum atomic E-state index is -0.549. The number of aliphatic hydroxyl groups is 1. The Balaban J connectivity index is 1.77. The third-order valence-corrected chi connectivity index (χ3v) is 3.89. The van der Waals surface area contributed by atoms with Crippen LogP contribution in [0.15, 0.2) is 0 Å². The van der Waals surface area contributed by atoms with E-state index < -0.39 is 5.60 Å². The van der Waals surface area contributed by atoms with Gasteiger partial charge < -0.3 is 14.7 Å². The van der Waals surface area contributed by atoms with Gasteiger partial charge in [-0.05, 0) is 26.7 Å². The van der Waals surface area contributed by atoms with Crippen LogP contribution >= 0.6 is 0 Å². The van der Waals surface area contributed by atoms with Crippen LogP contribution < -0.4 is 0 Å². The maximum Gasteiger partial charge on any atom is 0.236 e. The largest absolute Gasteiger partial charge is 0.390 e. The van der Waals surface area contributed by atoms with Gasteiger partial charge in [-0.15, -0.1) is 0 Å². The Morgan fingerprint density at radius 3 is 2.67 bits per heavy atom. The van der Waals surface area contributed by atoms with Gasteiger partial charge in [0, 0.05) is 26.2 Å². The summed E-state index contributed by atoms with van der Waals surface area (Å²) in [5, 5.41) is 9.87. The van der Waals surface area contributed by atoms with Crippen molar-refractivity contribution in [2.45, 2.75) is 38.4 Å². The monoisotopic (exact) mass is 256 g/mol. The standard InChI is InChI=1S/C13H24N2O3/c1-11-9-15(7-8-18-11)12(16)10-14-5-3-13(2,17)4-6-14/h11,17H,3-10H2,1-2H3. The van der Waals surface area contributed by atoms with E-state index in [4.69, 9.17) is 4.74 Å². The van der Waals surface area contributed by atoms with Crippen molar-refractivity contribution in [3.63, 3.8) is 0 Å². The van der Waals surface area contributed by atoms with E-state index in [-0.39, 0.29) is 12.0 Å². The maximum atomic E-state index is 12.1. The van der Waals surface area contributed by atoms with Gasteiger partial charge in [-0.1, -0.05) is 0 Å². The van der Waals surface area contributed by atoms with Crippen molar-refractivity contribution in [1.82, 2.24) is 9.80 Å². The molecule has 0 aromatic rings. The number of likely N-dealkylation sites (tertiary alicyclic amines) is 1. The Morgan fingerprint density at radius 2 is 2.06 bits per heavy atom. The molecule has 0 saturated carbocycles. The summed E-state index contributed by atoms with van der Waals surface area (Å²) < 4.78 is 5.43. The second-order valence-electron chi connectivity index (χ2n) is 5.79. The van der Waals surface area contributed by atoms with Gasteiger partial charge in [-0.25, -0.2) is 0 Å². The van der Waals surface area contributed by atoms with Crippen molar-refractivity contribution in [3.8, 4) is 0 Å². The number of hydrogen-bond acceptors (Lipinski definition) is 4. The van der Waals surface area contributed by atoms with Crippen molar-refractivity contribution in [1.29, 1.82) is 0 Å². The van der Waals surface area contributed by atoms with E-state index >= 15 is 0 Å². The molecule has 0 aliphatic carbocycles. The second-order valence-corrected chi connectivity index (χ2v) is 5.79. The zero-order chi connectivity index (χ0) is 13.2. The van der Waals surface area contributed by atoms with Crippen LogP contribution in [0.2, 0.25) is 0 Å². The number of nitrogens with zero attached hydrogens (tertiary/aromatic N) is 2. The highest BCUT2D eigenvalue weighted by atomic mass is 16.5. The molecule has 5 heteroatoms. The number of hydrogen-bond donors (Lipinski definition) is 1. The van der Waals surface area contributed by atoms with Gasteiger partial charge in [-0.3, -0.25) is 9.69 Å². The van der Waals surface area contributed by atoms with Crippen LogP contribution in [-0.4, -0.2) is 71.8 Å². The van der Waals surface area contributed by atoms with Crippen LogP contribution in [0.4, 0.5) is 0 Å². The molecule has 5 nitrogen and oxygen atoms in total. The molecule has 2 aliphatic heterocycles. The fourth-order valence-corrected chi connectivity index (χ4v) is 2.53. The molecule has 2 rings (SSSR count). The maximum absolute atomic E-state index is 12.1. The molecule has 2 heterocycles. The molecule has 2 aliphatic rings. The second kappa shape index (κ2) is 5.55. The minimum Gasteiger partial charge on any atom is -0.390 e. The van der Waals surface area contributed by atoms with Crippen molar-refractivity contribution in [3.05, 3.63) is 0 Å². The summed E-state index contributed by atoms with van der Waals surface area (Å²) in [6.07, 6.45) is 1.64. The first-order valence-corrected chi connectivity index (χ1v) is 6.80. The first kappa shape index (κ1) is 13.8. The van der Waals surface area contributed by atoms with Crippen molar-refractivity contribution in [2.24, 2.45) is 0 Å². The quantitative estimate of drug-likeness (QED) is 0.760. The lowest BCUT2D eigenvalue weighted by molar-refractivity contribution is -0.140. The van der Waals surface area contributed by atoms with Crippen LogP contribution in [0.3, 0.4) is 0 Å². The zero-order valence-corrected chi connectivity index (χ0v) is 11.4. The SMILES string of the molecule is CC1CN(C(=O)CN2CCC(C)(O)CC2)CCO1. The van der Waals surface area contributed by atoms with E-state index in [1.807, 2.05) is 18.7 Å². The Bertz CT molecular complexity index is 297. The van der Waals surface area contributed by atoms with Gasteiger partial charge in [-0.2, -0.15) is 0 Å². The van der Waals surface area contributed by atoms with Crippen LogP contribution in [0.1, 0.15) is 26.7 Å². The lowest BCUT2D eigenvalue weighted by atomic mass is 9.94. The van der Waals surface area contributed by atoms with E-state index in [0.717, 1.165) is 25.9 Å². The number of morpholine rings is 1. The average molecular weight is 256 g/mol. The number of carbonyl (C=O) groups excluding carboxylic acids is 1. The van der Waals surface area contributed by atoms with Gasteiger partial charge in [0.1, 0.15) is 0 Å². The molecule has 104 valence electrons. The Kier molecular flexibility index (Phi) is 4.25. The molecule has 0 radical (unpaired) electrons. The first-order chi connectivity index (χ1) is 8.46. The molecule has 0 aromatic carbocycles. The average Bonchev–Trinajstić information content (AvgIpc) is 2.32. The first-order valence-electron chi connectivity index (χ1n) is 6.80. The summed E-state index contributed by atoms with van der Waals surface area (Å²) >= 11 is 0. The summed E-state index contributed by atoms with van der Waals surface area (Å²) in [6, 6.07) is 0. The van der Waals surface area contributed by atoms with Crippen LogP contribution in [-0.2, 0) is 9.53 Å². The van der Waals surface area contributed by atoms with Crippen LogP contribution in [0.25, 0.3) is 0 Å². The number of rotatable bonds is 2. The molecule has 0 aromatic heterocycles. The Hall–Kier alpha value is -0.650. The third-order valence-electron chi connectivity index (χ3n) is 3.89. The summed E-state index contributed by atoms with van der Waals surface area (Å²) in [5.74, 6) is 0.187. The summed E-state index contributed by atoms with van der Waals surface area (Å²) in [5.41, 5.74) is -0.549. The molecule has 1 N–H and O–H groups in total. The van der Waals surface area contributed by atoms with Gasteiger partial charge in [0.15, 0.2) is 0 Å². The van der Waals surface area contributed by atoms with E-state index in [1.165, 1.54) is 0 Å². The number of carbonyl (C=O) groups is 1. The number of piperidine rings is 1. The fraction of sp³-hybridized carbons (Fsp3) is 0.923. The highest BCUT2D eigenvalue weighted by Crippen LogP contribution is 2.21. The molecule has 0 spiro atoms. The molecule has 1 unspecified atom stereocenters. The lowest BCUT2D eigenvalue weighted by Gasteiger charge is -2.37. The summed E-state index contributed by atoms with van der Waals surface area (Å²) in [4.78, 5) is 16.2. The molecule has 1 atom stereocenters. The van der Waals surface area contributed by atoms with Crippen LogP contribution in [0.5, 0.6) is 0 Å². The molecule has 2 fully saturated rings. The van der Waals surface area contributed by atoms with Gasteiger partial charge >= 0.3 is 0 Å². The predicted octanol–water partition coefficient (Wildman–Crippen LogP) is 0.0805. The number of ether oxygens (including phenoxy) is 1. The van der Waals surface area contributed by atoms with Crippen molar-refractivity contribution < 1.29 is 14.6 Å². The highest BCUT2D eigenvalue weighted by Gasteiger charge is 2.29. The van der Waals surface area contributed by atoms with Gasteiger partial charge in [0.05, 0.1) is 24.9 Å². The molecular formula is C13H24N2O3. The fourth-order valence-electron chi connectivity index (χ4n) is 2.53. The Labute approximate surface area is 109 Å². The zero-order valence-electron chi connectivity index (χ0n) is 11.4. The minimum absolute atomic E-state index is 0.143. The molecule has 1 amide bonds. The van der Waals surface area contributed by atoms with Crippen molar-refractivity contribution >= 4 is 5.91 Å². The van der Waals surface area contributed by atoms with Crippen LogP contribution in [0, 0.1) is 0 Å². The van der Waals surface area contributed by atoms with Crippen molar-refractivity contribution in [2.75, 3.05) is 39.3 Å². The third kappa shape index (κ3) is 3.67. The van der Waals surface area contributed by atoms with E-state index in [1.54, 1.807) is 0 Å². The Morgan fingerprint density at radius 1 is 1.39 bits per heavy atom. The number of amides is 1. The highest BCUT2D eigenvalue weighted by molar-refractivity contribution is 5.78. The summed E-state index contributed by atoms with van der Waals surface area (Å²) in [7, 11) is 0. The topological polar surface area (TPSA) is 53.0 Å². The van der Waals surface area contributed by atoms with Gasteiger partial charge in [0.2, 0.25) is 5.91 Å². The molecule has 0 bridgehead atoms. The molecule has 18 heavy (non-hydrogen) atoms. The lowest BCUT2D eigenvalue weighted by Crippen LogP contribution is -2.50. The smallest absolute Gasteiger partial charge is 0.236 e. The van der Waals surface area contributed by atoms with E-state index in [2.05, 4.69) is 4.90 Å². The van der Waals surface area contributed by atoms with E-state index in [0.29, 0.717) is 26.2 Å². The predicted molar refractivity (Wildman–Crippen MR) is 68.3 cm³/mol. The normalized spacial score (nSPS) is 29.3. The molecule has 2 saturated heterocycles. The van der Waals surface area contributed by atoms with E-state index in [9.17, 15) is 9.90 Å². The summed E-state index contributed by atoms with van der Waals surface area (Å²) in [6.45, 7) is 7.99. The molecular weight excluding hydrogens is 232 g/mol.